The first-order valence-corrected chi connectivity index (χ1v) is 12.4. The number of hydrogen-bond donors (Lipinski definition) is 0. The summed E-state index contributed by atoms with van der Waals surface area (Å²) in [5, 5.41) is 0.613. The molecule has 6 nitrogen and oxygen atoms in total. The molecule has 4 aliphatic rings. The predicted molar refractivity (Wildman–Crippen MR) is 124 cm³/mol. The van der Waals surface area contributed by atoms with Crippen LogP contribution in [0, 0.1) is 11.8 Å². The Kier molecular flexibility index (Phi) is 5.13. The molecule has 0 N–H and O–H groups in total. The minimum absolute atomic E-state index is 0.0634. The molecule has 2 unspecified atom stereocenters. The summed E-state index contributed by atoms with van der Waals surface area (Å²) in [6, 6.07) is 8.39. The van der Waals surface area contributed by atoms with Crippen molar-refractivity contribution in [1.29, 1.82) is 0 Å². The predicted octanol–water partition coefficient (Wildman–Crippen LogP) is 3.21. The Labute approximate surface area is 188 Å². The van der Waals surface area contributed by atoms with Crippen molar-refractivity contribution < 1.29 is 4.79 Å². The number of likely N-dealkylation sites (tertiary alicyclic amines) is 1. The molecule has 168 valence electrons. The summed E-state index contributed by atoms with van der Waals surface area (Å²) in [5.74, 6) is 1.42. The molecule has 2 bridgehead atoms. The van der Waals surface area contributed by atoms with E-state index in [1.54, 1.807) is 17.0 Å². The second-order valence-corrected chi connectivity index (χ2v) is 10.1. The molecule has 0 spiro atoms. The first-order valence-electron chi connectivity index (χ1n) is 12.4. The third-order valence-corrected chi connectivity index (χ3v) is 8.28. The fraction of sp³-hybridized carbons (Fsp3) is 0.577. The van der Waals surface area contributed by atoms with E-state index in [1.165, 1.54) is 37.8 Å². The fourth-order valence-corrected chi connectivity index (χ4v) is 6.88. The van der Waals surface area contributed by atoms with Gasteiger partial charge in [-0.2, -0.15) is 0 Å². The number of para-hydroxylation sites is 1. The molecule has 3 saturated heterocycles. The van der Waals surface area contributed by atoms with E-state index in [0.717, 1.165) is 32.0 Å². The van der Waals surface area contributed by atoms with Crippen LogP contribution in [0.2, 0.25) is 0 Å². The van der Waals surface area contributed by atoms with E-state index < -0.39 is 0 Å². The highest BCUT2D eigenvalue weighted by Crippen LogP contribution is 2.45. The van der Waals surface area contributed by atoms with Gasteiger partial charge in [0.2, 0.25) is 5.91 Å². The second-order valence-electron chi connectivity index (χ2n) is 10.1. The van der Waals surface area contributed by atoms with Gasteiger partial charge in [0.15, 0.2) is 0 Å². The molecule has 1 aromatic heterocycles. The molecule has 3 aliphatic heterocycles. The standard InChI is InChI=1S/C26H32N4O2/c31-24(10-13-29-17-27-22-8-2-1-7-21(22)26(29)32)30-12-5-6-18-14-19-15-20(25(18)30)16-28-11-4-3-9-23(19)28/h1-2,7-8,14,17,19-20,23,25H,3-6,9-13,15-16H2/t19?,20?,23-,25-/m1/s1. The van der Waals surface area contributed by atoms with E-state index in [0.29, 0.717) is 35.7 Å². The van der Waals surface area contributed by atoms with Gasteiger partial charge >= 0.3 is 0 Å². The Morgan fingerprint density at radius 3 is 2.97 bits per heavy atom. The summed E-state index contributed by atoms with van der Waals surface area (Å²) in [7, 11) is 0. The molecule has 32 heavy (non-hydrogen) atoms. The van der Waals surface area contributed by atoms with E-state index in [9.17, 15) is 9.59 Å². The number of piperidine rings is 3. The zero-order valence-corrected chi connectivity index (χ0v) is 18.7. The van der Waals surface area contributed by atoms with E-state index >= 15 is 0 Å². The molecule has 6 heteroatoms. The number of benzene rings is 1. The SMILES string of the molecule is O=C(CCn1cnc2ccccc2c1=O)N1CCCC2=CC3CC(CN4CCCC[C@H]34)[C@@H]21. The van der Waals surface area contributed by atoms with Crippen LogP contribution in [0.15, 0.2) is 47.0 Å². The Morgan fingerprint density at radius 1 is 1.12 bits per heavy atom. The summed E-state index contributed by atoms with van der Waals surface area (Å²) in [4.78, 5) is 35.5. The number of amides is 1. The lowest BCUT2D eigenvalue weighted by Gasteiger charge is -2.54. The van der Waals surface area contributed by atoms with Gasteiger partial charge in [-0.05, 0) is 62.6 Å². The summed E-state index contributed by atoms with van der Waals surface area (Å²) < 4.78 is 1.59. The molecule has 1 amide bonds. The lowest BCUT2D eigenvalue weighted by molar-refractivity contribution is -0.136. The average Bonchev–Trinajstić information content (AvgIpc) is 2.83. The molecule has 2 aromatic rings. The number of aromatic nitrogens is 2. The van der Waals surface area contributed by atoms with Gasteiger partial charge in [0.1, 0.15) is 0 Å². The van der Waals surface area contributed by atoms with Gasteiger partial charge in [-0.25, -0.2) is 4.98 Å². The number of rotatable bonds is 3. The van der Waals surface area contributed by atoms with Gasteiger partial charge < -0.3 is 4.90 Å². The van der Waals surface area contributed by atoms with Gasteiger partial charge in [-0.3, -0.25) is 19.1 Å². The highest BCUT2D eigenvalue weighted by molar-refractivity contribution is 5.78. The normalized spacial score (nSPS) is 29.9. The topological polar surface area (TPSA) is 58.4 Å². The highest BCUT2D eigenvalue weighted by atomic mass is 16.2. The smallest absolute Gasteiger partial charge is 0.261 e. The van der Waals surface area contributed by atoms with Gasteiger partial charge in [0.25, 0.3) is 5.56 Å². The number of carbonyl (C=O) groups is 1. The van der Waals surface area contributed by atoms with Crippen molar-refractivity contribution >= 4 is 16.8 Å². The van der Waals surface area contributed by atoms with E-state index in [4.69, 9.17) is 0 Å². The highest BCUT2D eigenvalue weighted by Gasteiger charge is 2.46. The fourth-order valence-electron chi connectivity index (χ4n) is 6.88. The largest absolute Gasteiger partial charge is 0.336 e. The van der Waals surface area contributed by atoms with Crippen LogP contribution in [-0.4, -0.2) is 57.0 Å². The average molecular weight is 433 g/mol. The molecule has 4 heterocycles. The van der Waals surface area contributed by atoms with Gasteiger partial charge in [0.05, 0.1) is 23.3 Å². The van der Waals surface area contributed by atoms with Gasteiger partial charge in [0, 0.05) is 32.1 Å². The van der Waals surface area contributed by atoms with Crippen molar-refractivity contribution in [2.75, 3.05) is 19.6 Å². The number of carbonyl (C=O) groups excluding carboxylic acids is 1. The summed E-state index contributed by atoms with van der Waals surface area (Å²) >= 11 is 0. The van der Waals surface area contributed by atoms with Crippen molar-refractivity contribution in [2.45, 2.75) is 63.6 Å². The number of aryl methyl sites for hydroxylation is 1. The summed E-state index contributed by atoms with van der Waals surface area (Å²) in [5.41, 5.74) is 2.16. The summed E-state index contributed by atoms with van der Waals surface area (Å²) in [6.45, 7) is 3.59. The zero-order valence-electron chi connectivity index (χ0n) is 18.7. The number of hydrogen-bond acceptors (Lipinski definition) is 4. The first kappa shape index (κ1) is 20.2. The third-order valence-electron chi connectivity index (χ3n) is 8.28. The minimum Gasteiger partial charge on any atom is -0.336 e. The monoisotopic (exact) mass is 432 g/mol. The van der Waals surface area contributed by atoms with Crippen LogP contribution < -0.4 is 5.56 Å². The molecule has 4 atom stereocenters. The molecule has 0 radical (unpaired) electrons. The lowest BCUT2D eigenvalue weighted by atomic mass is 9.68. The van der Waals surface area contributed by atoms with Crippen LogP contribution >= 0.6 is 0 Å². The number of nitrogens with zero attached hydrogens (tertiary/aromatic N) is 4. The van der Waals surface area contributed by atoms with Crippen molar-refractivity contribution in [1.82, 2.24) is 19.4 Å². The third kappa shape index (κ3) is 3.40. The van der Waals surface area contributed by atoms with Crippen LogP contribution in [0.3, 0.4) is 0 Å². The van der Waals surface area contributed by atoms with Gasteiger partial charge in [-0.15, -0.1) is 0 Å². The van der Waals surface area contributed by atoms with Crippen LogP contribution in [0.1, 0.15) is 44.9 Å². The van der Waals surface area contributed by atoms with E-state index in [1.807, 2.05) is 18.2 Å². The molecule has 0 saturated carbocycles. The zero-order chi connectivity index (χ0) is 21.7. The first-order chi connectivity index (χ1) is 15.7. The Bertz CT molecular complexity index is 1120. The molecule has 3 fully saturated rings. The maximum Gasteiger partial charge on any atom is 0.261 e. The summed E-state index contributed by atoms with van der Waals surface area (Å²) in [6.07, 6.45) is 11.9. The number of fused-ring (bicyclic) bond motifs is 7. The van der Waals surface area contributed by atoms with Crippen LogP contribution in [0.25, 0.3) is 10.9 Å². The Hall–Kier alpha value is -2.47. The molecule has 6 rings (SSSR count). The quantitative estimate of drug-likeness (QED) is 0.699. The minimum atomic E-state index is -0.0634. The van der Waals surface area contributed by atoms with Crippen molar-refractivity contribution in [3.05, 3.63) is 52.6 Å². The van der Waals surface area contributed by atoms with Crippen LogP contribution in [0.5, 0.6) is 0 Å². The maximum absolute atomic E-state index is 13.4. The Morgan fingerprint density at radius 2 is 2.03 bits per heavy atom. The molecular weight excluding hydrogens is 400 g/mol. The second kappa shape index (κ2) is 8.14. The lowest BCUT2D eigenvalue weighted by Crippen LogP contribution is -2.60. The van der Waals surface area contributed by atoms with Gasteiger partial charge in [-0.1, -0.05) is 30.2 Å². The van der Waals surface area contributed by atoms with E-state index in [-0.39, 0.29) is 17.5 Å². The van der Waals surface area contributed by atoms with Crippen molar-refractivity contribution in [3.63, 3.8) is 0 Å². The molecule has 1 aliphatic carbocycles. The maximum atomic E-state index is 13.4. The molecular formula is C26H32N4O2. The van der Waals surface area contributed by atoms with E-state index in [2.05, 4.69) is 20.9 Å². The van der Waals surface area contributed by atoms with Crippen LogP contribution in [-0.2, 0) is 11.3 Å². The molecule has 1 aromatic carbocycles. The van der Waals surface area contributed by atoms with Crippen molar-refractivity contribution in [2.24, 2.45) is 11.8 Å². The Balaban J connectivity index is 1.20. The van der Waals surface area contributed by atoms with Crippen molar-refractivity contribution in [3.8, 4) is 0 Å². The van der Waals surface area contributed by atoms with Crippen LogP contribution in [0.4, 0.5) is 0 Å².